The quantitative estimate of drug-likeness (QED) is 0.780. The van der Waals surface area contributed by atoms with Crippen LogP contribution in [0.4, 0.5) is 5.95 Å². The van der Waals surface area contributed by atoms with Crippen molar-refractivity contribution >= 4 is 17.0 Å². The van der Waals surface area contributed by atoms with Crippen LogP contribution in [0.1, 0.15) is 19.8 Å². The standard InChI is InChI=1S/C13H17N3/c1-2-3-9-15-11-6-4-5-7-12(11)16-10-8-14-13(15)16/h4-7H,2-3,8-10H2,1H3/p+1. The van der Waals surface area contributed by atoms with Crippen molar-refractivity contribution in [2.24, 2.45) is 0 Å². The number of benzene rings is 1. The molecule has 1 N–H and O–H groups in total. The van der Waals surface area contributed by atoms with Gasteiger partial charge in [0.25, 0.3) is 0 Å². The molecule has 0 atom stereocenters. The van der Waals surface area contributed by atoms with Crippen LogP contribution in [0.5, 0.6) is 0 Å². The van der Waals surface area contributed by atoms with Crippen LogP contribution in [0.2, 0.25) is 0 Å². The number of nitrogens with zero attached hydrogens (tertiary/aromatic N) is 2. The second-order valence-corrected chi connectivity index (χ2v) is 4.40. The predicted octanol–water partition coefficient (Wildman–Crippen LogP) is 2.15. The van der Waals surface area contributed by atoms with Gasteiger partial charge >= 0.3 is 5.95 Å². The summed E-state index contributed by atoms with van der Waals surface area (Å²) in [6.45, 7) is 5.51. The average molecular weight is 216 g/mol. The Morgan fingerprint density at radius 1 is 1.38 bits per heavy atom. The van der Waals surface area contributed by atoms with E-state index in [1.54, 1.807) is 0 Å². The smallest absolute Gasteiger partial charge is 0.274 e. The molecule has 0 amide bonds. The molecule has 3 heteroatoms. The lowest BCUT2D eigenvalue weighted by Gasteiger charge is -2.00. The number of hydrogen-bond acceptors (Lipinski definition) is 1. The van der Waals surface area contributed by atoms with Gasteiger partial charge in [-0.05, 0) is 18.6 Å². The van der Waals surface area contributed by atoms with E-state index in [4.69, 9.17) is 0 Å². The Morgan fingerprint density at radius 2 is 2.25 bits per heavy atom. The van der Waals surface area contributed by atoms with Crippen molar-refractivity contribution in [3.63, 3.8) is 0 Å². The van der Waals surface area contributed by atoms with Gasteiger partial charge in [0, 0.05) is 0 Å². The van der Waals surface area contributed by atoms with E-state index in [2.05, 4.69) is 45.6 Å². The van der Waals surface area contributed by atoms with Gasteiger partial charge in [-0.25, -0.2) is 9.13 Å². The first-order valence-electron chi connectivity index (χ1n) is 6.16. The number of nitrogens with one attached hydrogen (secondary N) is 1. The molecule has 0 fully saturated rings. The van der Waals surface area contributed by atoms with Crippen molar-refractivity contribution in [3.05, 3.63) is 24.3 Å². The number of hydrogen-bond donors (Lipinski definition) is 1. The maximum Gasteiger partial charge on any atom is 0.358 e. The maximum absolute atomic E-state index is 3.49. The molecule has 0 unspecified atom stereocenters. The van der Waals surface area contributed by atoms with Crippen LogP contribution in [0.3, 0.4) is 0 Å². The van der Waals surface area contributed by atoms with Crippen molar-refractivity contribution in [2.45, 2.75) is 32.9 Å². The number of unbranched alkanes of at least 4 members (excludes halogenated alkanes) is 1. The number of aromatic nitrogens is 2. The molecule has 16 heavy (non-hydrogen) atoms. The van der Waals surface area contributed by atoms with Gasteiger partial charge in [-0.3, -0.25) is 5.32 Å². The summed E-state index contributed by atoms with van der Waals surface area (Å²) in [4.78, 5) is 0. The van der Waals surface area contributed by atoms with Crippen LogP contribution in [0.15, 0.2) is 24.3 Å². The van der Waals surface area contributed by atoms with Gasteiger partial charge in [0.2, 0.25) is 0 Å². The normalized spacial score (nSPS) is 14.1. The minimum Gasteiger partial charge on any atom is -0.274 e. The zero-order chi connectivity index (χ0) is 11.0. The fourth-order valence-electron chi connectivity index (χ4n) is 2.53. The van der Waals surface area contributed by atoms with Crippen molar-refractivity contribution in [1.29, 1.82) is 0 Å². The molecular formula is C13H18N3+. The van der Waals surface area contributed by atoms with E-state index in [1.807, 2.05) is 0 Å². The molecule has 84 valence electrons. The molecule has 0 saturated heterocycles. The second-order valence-electron chi connectivity index (χ2n) is 4.40. The Bertz CT molecular complexity index is 513. The zero-order valence-corrected chi connectivity index (χ0v) is 9.74. The van der Waals surface area contributed by atoms with Crippen molar-refractivity contribution in [2.75, 3.05) is 11.9 Å². The molecule has 1 aliphatic rings. The fourth-order valence-corrected chi connectivity index (χ4v) is 2.53. The lowest BCUT2D eigenvalue weighted by Crippen LogP contribution is -2.29. The Labute approximate surface area is 95.7 Å². The predicted molar refractivity (Wildman–Crippen MR) is 65.5 cm³/mol. The van der Waals surface area contributed by atoms with Crippen molar-refractivity contribution in [3.8, 4) is 0 Å². The number of fused-ring (bicyclic) bond motifs is 3. The van der Waals surface area contributed by atoms with Crippen LogP contribution in [-0.4, -0.2) is 11.1 Å². The SMILES string of the molecule is CCCCn1c2[n+](c3ccccc31)CCN2. The number of imidazole rings is 1. The minimum atomic E-state index is 1.06. The number of para-hydroxylation sites is 2. The van der Waals surface area contributed by atoms with E-state index in [-0.39, 0.29) is 0 Å². The highest BCUT2D eigenvalue weighted by atomic mass is 15.3. The summed E-state index contributed by atoms with van der Waals surface area (Å²) in [5.74, 6) is 1.29. The third-order valence-corrected chi connectivity index (χ3v) is 3.33. The van der Waals surface area contributed by atoms with Crippen LogP contribution >= 0.6 is 0 Å². The lowest BCUT2D eigenvalue weighted by molar-refractivity contribution is -0.644. The zero-order valence-electron chi connectivity index (χ0n) is 9.74. The van der Waals surface area contributed by atoms with Crippen molar-refractivity contribution in [1.82, 2.24) is 4.57 Å². The highest BCUT2D eigenvalue weighted by molar-refractivity contribution is 5.74. The molecule has 0 aliphatic carbocycles. The van der Waals surface area contributed by atoms with Gasteiger partial charge < -0.3 is 0 Å². The summed E-state index contributed by atoms with van der Waals surface area (Å²) in [6.07, 6.45) is 2.49. The summed E-state index contributed by atoms with van der Waals surface area (Å²) in [7, 11) is 0. The van der Waals surface area contributed by atoms with Crippen LogP contribution < -0.4 is 9.88 Å². The van der Waals surface area contributed by atoms with Gasteiger partial charge in [0.15, 0.2) is 0 Å². The monoisotopic (exact) mass is 216 g/mol. The Balaban J connectivity index is 2.17. The van der Waals surface area contributed by atoms with Gasteiger partial charge in [-0.15, -0.1) is 0 Å². The van der Waals surface area contributed by atoms with E-state index in [0.717, 1.165) is 19.6 Å². The summed E-state index contributed by atoms with van der Waals surface area (Å²) in [6, 6.07) is 8.69. The molecular weight excluding hydrogens is 198 g/mol. The van der Waals surface area contributed by atoms with E-state index in [9.17, 15) is 0 Å². The van der Waals surface area contributed by atoms with Gasteiger partial charge in [0.1, 0.15) is 17.6 Å². The molecule has 0 radical (unpaired) electrons. The van der Waals surface area contributed by atoms with E-state index in [1.165, 1.54) is 29.8 Å². The summed E-state index contributed by atoms with van der Waals surface area (Å²) >= 11 is 0. The summed E-state index contributed by atoms with van der Waals surface area (Å²) in [5.41, 5.74) is 2.72. The summed E-state index contributed by atoms with van der Waals surface area (Å²) in [5, 5.41) is 3.49. The molecule has 2 heterocycles. The third-order valence-electron chi connectivity index (χ3n) is 3.33. The van der Waals surface area contributed by atoms with Crippen LogP contribution in [0, 0.1) is 0 Å². The van der Waals surface area contributed by atoms with E-state index in [0.29, 0.717) is 0 Å². The van der Waals surface area contributed by atoms with Gasteiger partial charge in [0.05, 0.1) is 13.1 Å². The number of aryl methyl sites for hydroxylation is 1. The molecule has 3 nitrogen and oxygen atoms in total. The highest BCUT2D eigenvalue weighted by Gasteiger charge is 2.26. The number of anilines is 1. The Kier molecular flexibility index (Phi) is 2.31. The molecule has 0 bridgehead atoms. The van der Waals surface area contributed by atoms with Gasteiger partial charge in [-0.1, -0.05) is 25.5 Å². The molecule has 3 rings (SSSR count). The molecule has 1 aliphatic heterocycles. The van der Waals surface area contributed by atoms with Gasteiger partial charge in [-0.2, -0.15) is 0 Å². The molecule has 2 aromatic rings. The molecule has 0 spiro atoms. The summed E-state index contributed by atoms with van der Waals surface area (Å²) < 4.78 is 4.82. The largest absolute Gasteiger partial charge is 0.358 e. The van der Waals surface area contributed by atoms with E-state index >= 15 is 0 Å². The third kappa shape index (κ3) is 1.31. The van der Waals surface area contributed by atoms with Crippen LogP contribution in [-0.2, 0) is 13.1 Å². The first kappa shape index (κ1) is 9.70. The van der Waals surface area contributed by atoms with Crippen molar-refractivity contribution < 1.29 is 4.57 Å². The Hall–Kier alpha value is -1.51. The second kappa shape index (κ2) is 3.81. The number of rotatable bonds is 3. The first-order valence-corrected chi connectivity index (χ1v) is 6.16. The fraction of sp³-hybridized carbons (Fsp3) is 0.462. The topological polar surface area (TPSA) is 20.8 Å². The average Bonchev–Trinajstić information content (AvgIpc) is 2.87. The maximum atomic E-state index is 3.49. The highest BCUT2D eigenvalue weighted by Crippen LogP contribution is 2.20. The van der Waals surface area contributed by atoms with E-state index < -0.39 is 0 Å². The lowest BCUT2D eigenvalue weighted by atomic mass is 10.3. The minimum absolute atomic E-state index is 1.06. The molecule has 1 aromatic heterocycles. The van der Waals surface area contributed by atoms with Crippen LogP contribution in [0.25, 0.3) is 11.0 Å². The molecule has 1 aromatic carbocycles. The first-order chi connectivity index (χ1) is 7.92. The Morgan fingerprint density at radius 3 is 3.12 bits per heavy atom. The molecule has 0 saturated carbocycles.